The Kier molecular flexibility index (Phi) is 8.16. The lowest BCUT2D eigenvalue weighted by molar-refractivity contribution is -0.115. The summed E-state index contributed by atoms with van der Waals surface area (Å²) in [5.74, 6) is 0.251. The maximum absolute atomic E-state index is 12.5. The zero-order chi connectivity index (χ0) is 21.6. The topological polar surface area (TPSA) is 79.5 Å². The van der Waals surface area contributed by atoms with Gasteiger partial charge in [-0.15, -0.1) is 0 Å². The Hall–Kier alpha value is -2.45. The first-order chi connectivity index (χ1) is 13.7. The number of anilines is 2. The first-order valence-electron chi connectivity index (χ1n) is 9.18. The smallest absolute Gasteiger partial charge is 0.257 e. The maximum atomic E-state index is 12.5. The van der Waals surface area contributed by atoms with Crippen molar-refractivity contribution in [1.29, 1.82) is 0 Å². The molecule has 2 rings (SSSR count). The molecule has 154 valence electrons. The standard InChI is InChI=1S/C21H24BrN3O3S/c1-5-19(26)24-17-11-15(8-6-13(17)4)23-21(29)25-20(27)14-7-9-18(16(22)10-14)28-12(2)3/h6-12H,5H2,1-4H3,(H,24,26)(H2,23,25,27,29). The van der Waals surface area contributed by atoms with E-state index in [1.54, 1.807) is 31.2 Å². The minimum absolute atomic E-state index is 0.0317. The summed E-state index contributed by atoms with van der Waals surface area (Å²) in [5.41, 5.74) is 2.73. The van der Waals surface area contributed by atoms with Crippen molar-refractivity contribution in [1.82, 2.24) is 5.32 Å². The van der Waals surface area contributed by atoms with Crippen LogP contribution in [0.1, 0.15) is 43.1 Å². The molecule has 0 atom stereocenters. The van der Waals surface area contributed by atoms with Gasteiger partial charge in [0.05, 0.1) is 10.6 Å². The Bertz CT molecular complexity index is 931. The molecular formula is C21H24BrN3O3S. The number of carbonyl (C=O) groups excluding carboxylic acids is 2. The molecule has 0 fully saturated rings. The lowest BCUT2D eigenvalue weighted by atomic mass is 10.1. The second-order valence-corrected chi connectivity index (χ2v) is 7.91. The van der Waals surface area contributed by atoms with Gasteiger partial charge < -0.3 is 15.4 Å². The van der Waals surface area contributed by atoms with Crippen molar-refractivity contribution in [3.8, 4) is 5.75 Å². The van der Waals surface area contributed by atoms with Crippen LogP contribution in [0.5, 0.6) is 5.75 Å². The van der Waals surface area contributed by atoms with Crippen molar-refractivity contribution in [2.24, 2.45) is 0 Å². The number of ether oxygens (including phenoxy) is 1. The van der Waals surface area contributed by atoms with Crippen molar-refractivity contribution in [2.75, 3.05) is 10.6 Å². The molecule has 0 aromatic heterocycles. The molecule has 2 amide bonds. The van der Waals surface area contributed by atoms with E-state index in [1.165, 1.54) is 0 Å². The molecule has 6 nitrogen and oxygen atoms in total. The minimum Gasteiger partial charge on any atom is -0.490 e. The van der Waals surface area contributed by atoms with Crippen LogP contribution in [0.3, 0.4) is 0 Å². The largest absolute Gasteiger partial charge is 0.490 e. The fourth-order valence-electron chi connectivity index (χ4n) is 2.40. The second kappa shape index (κ2) is 10.4. The van der Waals surface area contributed by atoms with Crippen LogP contribution in [0.2, 0.25) is 0 Å². The fraction of sp³-hybridized carbons (Fsp3) is 0.286. The van der Waals surface area contributed by atoms with E-state index < -0.39 is 0 Å². The van der Waals surface area contributed by atoms with Gasteiger partial charge in [0.15, 0.2) is 5.11 Å². The first-order valence-corrected chi connectivity index (χ1v) is 10.4. The van der Waals surface area contributed by atoms with Crippen LogP contribution in [0, 0.1) is 6.92 Å². The summed E-state index contributed by atoms with van der Waals surface area (Å²) >= 11 is 8.66. The van der Waals surface area contributed by atoms with Gasteiger partial charge in [0.1, 0.15) is 5.75 Å². The van der Waals surface area contributed by atoms with Gasteiger partial charge in [0.25, 0.3) is 5.91 Å². The van der Waals surface area contributed by atoms with Crippen LogP contribution in [-0.2, 0) is 4.79 Å². The number of halogens is 1. The summed E-state index contributed by atoms with van der Waals surface area (Å²) in [6.45, 7) is 7.56. The number of nitrogens with one attached hydrogen (secondary N) is 3. The van der Waals surface area contributed by atoms with Crippen LogP contribution in [-0.4, -0.2) is 23.0 Å². The third kappa shape index (κ3) is 6.83. The number of rotatable bonds is 6. The van der Waals surface area contributed by atoms with Crippen molar-refractivity contribution >= 4 is 56.4 Å². The monoisotopic (exact) mass is 477 g/mol. The van der Waals surface area contributed by atoms with E-state index in [0.29, 0.717) is 33.6 Å². The van der Waals surface area contributed by atoms with E-state index >= 15 is 0 Å². The molecule has 0 heterocycles. The van der Waals surface area contributed by atoms with Gasteiger partial charge in [0.2, 0.25) is 5.91 Å². The van der Waals surface area contributed by atoms with Gasteiger partial charge in [-0.25, -0.2) is 0 Å². The van der Waals surface area contributed by atoms with Crippen LogP contribution in [0.25, 0.3) is 0 Å². The molecule has 8 heteroatoms. The molecule has 0 saturated heterocycles. The van der Waals surface area contributed by atoms with E-state index in [0.717, 1.165) is 5.56 Å². The summed E-state index contributed by atoms with van der Waals surface area (Å²) in [6.07, 6.45) is 0.423. The molecule has 0 unspecified atom stereocenters. The van der Waals surface area contributed by atoms with Gasteiger partial charge >= 0.3 is 0 Å². The highest BCUT2D eigenvalue weighted by Crippen LogP contribution is 2.27. The Balaban J connectivity index is 2.03. The lowest BCUT2D eigenvalue weighted by Crippen LogP contribution is -2.34. The number of aryl methyl sites for hydroxylation is 1. The lowest BCUT2D eigenvalue weighted by Gasteiger charge is -2.14. The Labute approximate surface area is 184 Å². The van der Waals surface area contributed by atoms with Gasteiger partial charge in [-0.1, -0.05) is 13.0 Å². The zero-order valence-electron chi connectivity index (χ0n) is 16.8. The molecular weight excluding hydrogens is 454 g/mol. The number of hydrogen-bond acceptors (Lipinski definition) is 4. The highest BCUT2D eigenvalue weighted by atomic mass is 79.9. The zero-order valence-corrected chi connectivity index (χ0v) is 19.2. The predicted molar refractivity (Wildman–Crippen MR) is 124 cm³/mol. The molecule has 0 aliphatic heterocycles. The normalized spacial score (nSPS) is 10.4. The summed E-state index contributed by atoms with van der Waals surface area (Å²) in [7, 11) is 0. The van der Waals surface area contributed by atoms with Crippen molar-refractivity contribution in [2.45, 2.75) is 40.2 Å². The van der Waals surface area contributed by atoms with E-state index in [-0.39, 0.29) is 23.0 Å². The highest BCUT2D eigenvalue weighted by molar-refractivity contribution is 9.10. The Morgan fingerprint density at radius 1 is 1.14 bits per heavy atom. The van der Waals surface area contributed by atoms with E-state index in [1.807, 2.05) is 32.9 Å². The molecule has 0 bridgehead atoms. The first kappa shape index (κ1) is 22.8. The van der Waals surface area contributed by atoms with Gasteiger partial charge in [0, 0.05) is 23.4 Å². The average Bonchev–Trinajstić information content (AvgIpc) is 2.65. The number of amides is 2. The molecule has 0 aliphatic carbocycles. The summed E-state index contributed by atoms with van der Waals surface area (Å²) < 4.78 is 6.34. The van der Waals surface area contributed by atoms with Crippen molar-refractivity contribution in [3.63, 3.8) is 0 Å². The maximum Gasteiger partial charge on any atom is 0.257 e. The van der Waals surface area contributed by atoms with Crippen LogP contribution < -0.4 is 20.7 Å². The molecule has 2 aromatic carbocycles. The summed E-state index contributed by atoms with van der Waals surface area (Å²) in [4.78, 5) is 24.1. The Morgan fingerprint density at radius 2 is 1.86 bits per heavy atom. The number of carbonyl (C=O) groups is 2. The van der Waals surface area contributed by atoms with E-state index in [4.69, 9.17) is 17.0 Å². The molecule has 2 aromatic rings. The number of hydrogen-bond donors (Lipinski definition) is 3. The highest BCUT2D eigenvalue weighted by Gasteiger charge is 2.12. The molecule has 0 radical (unpaired) electrons. The third-order valence-corrected chi connectivity index (χ3v) is 4.70. The Morgan fingerprint density at radius 3 is 2.48 bits per heavy atom. The van der Waals surface area contributed by atoms with Crippen molar-refractivity contribution in [3.05, 3.63) is 52.0 Å². The number of benzene rings is 2. The molecule has 0 saturated carbocycles. The third-order valence-electron chi connectivity index (χ3n) is 3.87. The van der Waals surface area contributed by atoms with Gasteiger partial charge in [-0.05, 0) is 84.8 Å². The van der Waals surface area contributed by atoms with E-state index in [9.17, 15) is 9.59 Å². The van der Waals surface area contributed by atoms with Gasteiger partial charge in [-0.2, -0.15) is 0 Å². The summed E-state index contributed by atoms with van der Waals surface area (Å²) in [5, 5.41) is 8.61. The van der Waals surface area contributed by atoms with E-state index in [2.05, 4.69) is 31.9 Å². The van der Waals surface area contributed by atoms with Crippen LogP contribution in [0.4, 0.5) is 11.4 Å². The van der Waals surface area contributed by atoms with Crippen LogP contribution in [0.15, 0.2) is 40.9 Å². The quantitative estimate of drug-likeness (QED) is 0.509. The van der Waals surface area contributed by atoms with Crippen LogP contribution >= 0.6 is 28.1 Å². The SMILES string of the molecule is CCC(=O)Nc1cc(NC(=S)NC(=O)c2ccc(OC(C)C)c(Br)c2)ccc1C. The number of thiocarbonyl (C=S) groups is 1. The molecule has 0 aliphatic rings. The minimum atomic E-state index is -0.342. The second-order valence-electron chi connectivity index (χ2n) is 6.65. The average molecular weight is 478 g/mol. The molecule has 3 N–H and O–H groups in total. The van der Waals surface area contributed by atoms with Gasteiger partial charge in [-0.3, -0.25) is 14.9 Å². The molecule has 29 heavy (non-hydrogen) atoms. The summed E-state index contributed by atoms with van der Waals surface area (Å²) in [6, 6.07) is 10.5. The fourth-order valence-corrected chi connectivity index (χ4v) is 3.09. The van der Waals surface area contributed by atoms with Crippen molar-refractivity contribution < 1.29 is 14.3 Å². The molecule has 0 spiro atoms. The predicted octanol–water partition coefficient (Wildman–Crippen LogP) is 5.02.